The van der Waals surface area contributed by atoms with Crippen molar-refractivity contribution in [1.29, 1.82) is 0 Å². The third kappa shape index (κ3) is 8.91. The lowest BCUT2D eigenvalue weighted by atomic mass is 9.33. The summed E-state index contributed by atoms with van der Waals surface area (Å²) in [5, 5.41) is 0. The van der Waals surface area contributed by atoms with Crippen LogP contribution in [0.5, 0.6) is 0 Å². The number of hydrogen-bond acceptors (Lipinski definition) is 4. The number of unbranched alkanes of at least 4 members (excludes halogenated alkanes) is 2. The summed E-state index contributed by atoms with van der Waals surface area (Å²) in [6, 6.07) is 62.6. The summed E-state index contributed by atoms with van der Waals surface area (Å²) < 4.78 is 0. The van der Waals surface area contributed by atoms with Gasteiger partial charge in [-0.25, -0.2) is 9.97 Å². The van der Waals surface area contributed by atoms with Crippen molar-refractivity contribution in [2.24, 2.45) is 0 Å². The highest BCUT2D eigenvalue weighted by molar-refractivity contribution is 7.00. The second kappa shape index (κ2) is 20.2. The maximum absolute atomic E-state index is 5.50. The molecule has 0 unspecified atom stereocenters. The van der Waals surface area contributed by atoms with E-state index >= 15 is 0 Å². The zero-order chi connectivity index (χ0) is 47.7. The number of rotatable bonds is 13. The Hall–Kier alpha value is -6.72. The molecule has 3 heterocycles. The second-order valence-corrected chi connectivity index (χ2v) is 21.1. The number of benzene rings is 7. The summed E-state index contributed by atoms with van der Waals surface area (Å²) >= 11 is 0. The molecular weight excluding hydrogens is 860 g/mol. The lowest BCUT2D eigenvalue weighted by molar-refractivity contribution is 0.444. The fraction of sp³-hybridized carbons (Fsp3) is 0.303. The van der Waals surface area contributed by atoms with Crippen molar-refractivity contribution in [3.63, 3.8) is 0 Å². The maximum Gasteiger partial charge on any atom is 0.252 e. The molecule has 0 atom stereocenters. The van der Waals surface area contributed by atoms with Crippen LogP contribution < -0.4 is 26.2 Å². The third-order valence-corrected chi connectivity index (χ3v) is 16.4. The van der Waals surface area contributed by atoms with Gasteiger partial charge in [0.25, 0.3) is 6.71 Å². The molecule has 2 aliphatic carbocycles. The van der Waals surface area contributed by atoms with Gasteiger partial charge in [0, 0.05) is 50.8 Å². The van der Waals surface area contributed by atoms with Gasteiger partial charge in [-0.1, -0.05) is 174 Å². The summed E-state index contributed by atoms with van der Waals surface area (Å²) in [6.45, 7) is 4.62. The summed E-state index contributed by atoms with van der Waals surface area (Å²) in [5.41, 5.74) is 22.3. The number of hydrogen-bond donors (Lipinski definition) is 0. The van der Waals surface area contributed by atoms with E-state index in [9.17, 15) is 0 Å². The van der Waals surface area contributed by atoms with Crippen molar-refractivity contribution < 1.29 is 0 Å². The zero-order valence-corrected chi connectivity index (χ0v) is 41.9. The highest BCUT2D eigenvalue weighted by Gasteiger charge is 2.44. The van der Waals surface area contributed by atoms with E-state index < -0.39 is 0 Å². The van der Waals surface area contributed by atoms with Gasteiger partial charge in [-0.15, -0.1) is 0 Å². The topological polar surface area (TPSA) is 32.3 Å². The Morgan fingerprint density at radius 1 is 0.437 bits per heavy atom. The standard InChI is InChI=1S/C66H67BN4/c1-3-5-19-46-29-35-55(36-30-46)70-61-39-33-52(48-21-11-7-12-22-48)41-57(61)67-58-42-53(49-23-13-8-14-24-49)34-40-62(58)71(56-37-31-47(32-38-56)20-6-4-2)64-44-54(43-63(70)65(64)67)66-68-59(50-25-15-9-16-26-50)45-60(69-66)51-27-17-10-18-28-51/h9-10,15-18,25-45,48-49H,3-8,11-14,19-24H2,1-2H3. The van der Waals surface area contributed by atoms with Crippen LogP contribution in [-0.4, -0.2) is 16.7 Å². The molecule has 2 aliphatic heterocycles. The van der Waals surface area contributed by atoms with E-state index in [4.69, 9.17) is 9.97 Å². The van der Waals surface area contributed by atoms with Crippen LogP contribution in [-0.2, 0) is 12.8 Å². The quantitative estimate of drug-likeness (QED) is 0.108. The first-order valence-electron chi connectivity index (χ1n) is 27.4. The molecule has 0 saturated heterocycles. The molecule has 71 heavy (non-hydrogen) atoms. The molecule has 12 rings (SSSR count). The first-order valence-corrected chi connectivity index (χ1v) is 27.4. The fourth-order valence-corrected chi connectivity index (χ4v) is 12.6. The monoisotopic (exact) mass is 927 g/mol. The van der Waals surface area contributed by atoms with Crippen molar-refractivity contribution >= 4 is 57.2 Å². The minimum atomic E-state index is 0.0442. The highest BCUT2D eigenvalue weighted by Crippen LogP contribution is 2.48. The van der Waals surface area contributed by atoms with Gasteiger partial charge < -0.3 is 9.80 Å². The number of fused-ring (bicyclic) bond motifs is 4. The molecule has 0 radical (unpaired) electrons. The zero-order valence-electron chi connectivity index (χ0n) is 41.9. The predicted octanol–water partition coefficient (Wildman–Crippen LogP) is 16.3. The van der Waals surface area contributed by atoms with Gasteiger partial charge >= 0.3 is 0 Å². The van der Waals surface area contributed by atoms with Gasteiger partial charge in [0.1, 0.15) is 0 Å². The van der Waals surface area contributed by atoms with E-state index in [2.05, 4.69) is 187 Å². The number of nitrogens with zero attached hydrogens (tertiary/aromatic N) is 4. The molecule has 4 aliphatic rings. The van der Waals surface area contributed by atoms with E-state index in [1.165, 1.54) is 163 Å². The van der Waals surface area contributed by atoms with E-state index in [1.54, 1.807) is 0 Å². The van der Waals surface area contributed by atoms with Crippen molar-refractivity contribution in [3.05, 3.63) is 186 Å². The lowest BCUT2D eigenvalue weighted by Crippen LogP contribution is -2.61. The molecule has 0 bridgehead atoms. The van der Waals surface area contributed by atoms with Gasteiger partial charge in [-0.2, -0.15) is 0 Å². The van der Waals surface area contributed by atoms with E-state index in [1.807, 2.05) is 0 Å². The molecule has 2 saturated carbocycles. The van der Waals surface area contributed by atoms with Crippen molar-refractivity contribution in [2.45, 2.75) is 128 Å². The highest BCUT2D eigenvalue weighted by atomic mass is 15.2. The number of aromatic nitrogens is 2. The SMILES string of the molecule is CCCCc1ccc(N2c3ccc(C4CCCCC4)cc3B3c4cc(C5CCCCC5)ccc4N(c4ccc(CCCC)cc4)c4cc(-c5nc(-c6ccccc6)cc(-c6ccccc6)n5)cc2c43)cc1. The summed E-state index contributed by atoms with van der Waals surface area (Å²) in [7, 11) is 0. The average Bonchev–Trinajstić information content (AvgIpc) is 3.44. The van der Waals surface area contributed by atoms with Crippen molar-refractivity contribution in [3.8, 4) is 33.9 Å². The van der Waals surface area contributed by atoms with Crippen LogP contribution in [0.25, 0.3) is 33.9 Å². The first-order chi connectivity index (χ1) is 35.1. The molecule has 2 fully saturated rings. The molecule has 0 spiro atoms. The van der Waals surface area contributed by atoms with E-state index in [0.29, 0.717) is 11.8 Å². The van der Waals surface area contributed by atoms with Gasteiger partial charge in [0.05, 0.1) is 11.4 Å². The molecule has 4 nitrogen and oxygen atoms in total. The molecule has 5 heteroatoms. The third-order valence-electron chi connectivity index (χ3n) is 16.4. The smallest absolute Gasteiger partial charge is 0.252 e. The molecule has 0 N–H and O–H groups in total. The normalized spacial score (nSPS) is 15.6. The number of aryl methyl sites for hydroxylation is 2. The largest absolute Gasteiger partial charge is 0.311 e. The second-order valence-electron chi connectivity index (χ2n) is 21.1. The van der Waals surface area contributed by atoms with Crippen LogP contribution >= 0.6 is 0 Å². The molecule has 7 aromatic carbocycles. The average molecular weight is 927 g/mol. The Balaban J connectivity index is 1.15. The number of anilines is 6. The summed E-state index contributed by atoms with van der Waals surface area (Å²) in [5.74, 6) is 1.91. The molecule has 1 aromatic heterocycles. The van der Waals surface area contributed by atoms with Gasteiger partial charge in [0.2, 0.25) is 0 Å². The predicted molar refractivity (Wildman–Crippen MR) is 301 cm³/mol. The first kappa shape index (κ1) is 45.4. The van der Waals surface area contributed by atoms with Crippen LogP contribution in [0, 0.1) is 0 Å². The lowest BCUT2D eigenvalue weighted by Gasteiger charge is -2.45. The van der Waals surface area contributed by atoms with Crippen LogP contribution in [0.1, 0.15) is 138 Å². The van der Waals surface area contributed by atoms with Gasteiger partial charge in [-0.05, 0) is 156 Å². The molecular formula is C66H67BN4. The van der Waals surface area contributed by atoms with Crippen molar-refractivity contribution in [2.75, 3.05) is 9.80 Å². The maximum atomic E-state index is 5.50. The fourth-order valence-electron chi connectivity index (χ4n) is 12.6. The molecule has 0 amide bonds. The van der Waals surface area contributed by atoms with Crippen LogP contribution in [0.4, 0.5) is 34.1 Å². The Morgan fingerprint density at radius 2 is 0.873 bits per heavy atom. The van der Waals surface area contributed by atoms with Crippen LogP contribution in [0.2, 0.25) is 0 Å². The van der Waals surface area contributed by atoms with E-state index in [-0.39, 0.29) is 6.71 Å². The Morgan fingerprint density at radius 3 is 1.30 bits per heavy atom. The van der Waals surface area contributed by atoms with Crippen molar-refractivity contribution in [1.82, 2.24) is 9.97 Å². The van der Waals surface area contributed by atoms with Gasteiger partial charge in [-0.3, -0.25) is 0 Å². The summed E-state index contributed by atoms with van der Waals surface area (Å²) in [4.78, 5) is 16.2. The Bertz CT molecular complexity index is 2930. The van der Waals surface area contributed by atoms with E-state index in [0.717, 1.165) is 46.7 Å². The minimum absolute atomic E-state index is 0.0442. The summed E-state index contributed by atoms with van der Waals surface area (Å²) in [6.07, 6.45) is 20.0. The van der Waals surface area contributed by atoms with Crippen LogP contribution in [0.3, 0.4) is 0 Å². The Labute approximate surface area is 423 Å². The minimum Gasteiger partial charge on any atom is -0.311 e. The Kier molecular flexibility index (Phi) is 12.9. The molecule has 354 valence electrons. The molecule has 8 aromatic rings. The van der Waals surface area contributed by atoms with Gasteiger partial charge in [0.15, 0.2) is 5.82 Å². The van der Waals surface area contributed by atoms with Crippen LogP contribution in [0.15, 0.2) is 164 Å².